The van der Waals surface area contributed by atoms with Crippen molar-refractivity contribution in [2.24, 2.45) is 0 Å². The number of thioether (sulfide) groups is 1. The lowest BCUT2D eigenvalue weighted by atomic mass is 9.99. The zero-order chi connectivity index (χ0) is 19.7. The van der Waals surface area contributed by atoms with E-state index in [1.165, 1.54) is 11.8 Å². The third-order valence-electron chi connectivity index (χ3n) is 4.99. The Morgan fingerprint density at radius 3 is 2.36 bits per heavy atom. The lowest BCUT2D eigenvalue weighted by Crippen LogP contribution is -2.60. The summed E-state index contributed by atoms with van der Waals surface area (Å²) in [5.74, 6) is 0.741. The molecule has 7 heteroatoms. The highest BCUT2D eigenvalue weighted by Crippen LogP contribution is 2.39. The van der Waals surface area contributed by atoms with E-state index in [4.69, 9.17) is 18.9 Å². The fourth-order valence-electron chi connectivity index (χ4n) is 3.36. The van der Waals surface area contributed by atoms with Crippen molar-refractivity contribution in [3.63, 3.8) is 0 Å². The molecule has 150 valence electrons. The highest BCUT2D eigenvalue weighted by molar-refractivity contribution is 7.99. The van der Waals surface area contributed by atoms with E-state index in [1.807, 2.05) is 55.5 Å². The third-order valence-corrected chi connectivity index (χ3v) is 6.16. The summed E-state index contributed by atoms with van der Waals surface area (Å²) in [6.45, 7) is 2.29. The van der Waals surface area contributed by atoms with Crippen molar-refractivity contribution in [1.82, 2.24) is 0 Å². The Morgan fingerprint density at radius 1 is 0.964 bits per heavy atom. The van der Waals surface area contributed by atoms with E-state index in [0.717, 1.165) is 21.8 Å². The van der Waals surface area contributed by atoms with E-state index < -0.39 is 36.1 Å². The maximum Gasteiger partial charge on any atom is 0.184 e. The molecule has 0 radical (unpaired) electrons. The van der Waals surface area contributed by atoms with Gasteiger partial charge in [-0.3, -0.25) is 0 Å². The van der Waals surface area contributed by atoms with E-state index in [0.29, 0.717) is 0 Å². The molecule has 28 heavy (non-hydrogen) atoms. The van der Waals surface area contributed by atoms with Gasteiger partial charge in [-0.2, -0.15) is 0 Å². The van der Waals surface area contributed by atoms with Crippen molar-refractivity contribution in [1.29, 1.82) is 0 Å². The Hall–Kier alpha value is -1.61. The molecule has 0 aromatic heterocycles. The van der Waals surface area contributed by atoms with Gasteiger partial charge >= 0.3 is 0 Å². The van der Waals surface area contributed by atoms with Gasteiger partial charge in [0.25, 0.3) is 0 Å². The first-order chi connectivity index (χ1) is 13.5. The van der Waals surface area contributed by atoms with E-state index in [-0.39, 0.29) is 6.61 Å². The van der Waals surface area contributed by atoms with Crippen molar-refractivity contribution in [3.8, 4) is 5.75 Å². The molecule has 0 aliphatic carbocycles. The summed E-state index contributed by atoms with van der Waals surface area (Å²) in [6, 6.07) is 15.3. The quantitative estimate of drug-likeness (QED) is 0.811. The smallest absolute Gasteiger partial charge is 0.184 e. The lowest BCUT2D eigenvalue weighted by molar-refractivity contribution is -0.318. The number of hydrogen-bond acceptors (Lipinski definition) is 7. The molecular formula is C21H24O6S. The molecule has 2 aliphatic heterocycles. The molecule has 6 nitrogen and oxygen atoms in total. The number of rotatable bonds is 4. The first-order valence-corrected chi connectivity index (χ1v) is 10.1. The van der Waals surface area contributed by atoms with Crippen LogP contribution in [-0.4, -0.2) is 53.8 Å². The van der Waals surface area contributed by atoms with E-state index in [2.05, 4.69) is 0 Å². The molecule has 0 bridgehead atoms. The van der Waals surface area contributed by atoms with Gasteiger partial charge in [-0.25, -0.2) is 0 Å². The summed E-state index contributed by atoms with van der Waals surface area (Å²) < 4.78 is 22.9. The Labute approximate surface area is 168 Å². The summed E-state index contributed by atoms with van der Waals surface area (Å²) in [6.07, 6.45) is -3.87. The van der Waals surface area contributed by atoms with Crippen molar-refractivity contribution >= 4 is 11.8 Å². The van der Waals surface area contributed by atoms with Crippen LogP contribution in [-0.2, 0) is 14.2 Å². The predicted molar refractivity (Wildman–Crippen MR) is 104 cm³/mol. The summed E-state index contributed by atoms with van der Waals surface area (Å²) in [5, 5.41) is 21.3. The average Bonchev–Trinajstić information content (AvgIpc) is 2.73. The molecule has 2 aromatic rings. The Bertz CT molecular complexity index is 778. The Kier molecular flexibility index (Phi) is 5.91. The average molecular weight is 404 g/mol. The minimum Gasteiger partial charge on any atom is -0.497 e. The van der Waals surface area contributed by atoms with Crippen LogP contribution in [0.2, 0.25) is 0 Å². The monoisotopic (exact) mass is 404 g/mol. The number of aliphatic hydroxyl groups excluding tert-OH is 2. The Balaban J connectivity index is 1.43. The molecule has 0 amide bonds. The Morgan fingerprint density at radius 2 is 1.68 bits per heavy atom. The van der Waals surface area contributed by atoms with Gasteiger partial charge in [0, 0.05) is 10.5 Å². The molecule has 4 rings (SSSR count). The van der Waals surface area contributed by atoms with Gasteiger partial charge in [0.2, 0.25) is 0 Å². The van der Waals surface area contributed by atoms with Crippen LogP contribution in [0.3, 0.4) is 0 Å². The fourth-order valence-corrected chi connectivity index (χ4v) is 4.42. The van der Waals surface area contributed by atoms with E-state index in [1.54, 1.807) is 7.11 Å². The third kappa shape index (κ3) is 4.05. The number of aliphatic hydroxyl groups is 2. The largest absolute Gasteiger partial charge is 0.497 e. The normalized spacial score (nSPS) is 32.6. The number of ether oxygens (including phenoxy) is 4. The van der Waals surface area contributed by atoms with Crippen LogP contribution in [0.4, 0.5) is 0 Å². The van der Waals surface area contributed by atoms with E-state index in [9.17, 15) is 10.2 Å². The van der Waals surface area contributed by atoms with Crippen LogP contribution < -0.4 is 4.74 Å². The van der Waals surface area contributed by atoms with Gasteiger partial charge in [0.15, 0.2) is 6.29 Å². The molecule has 2 N–H and O–H groups in total. The second-order valence-electron chi connectivity index (χ2n) is 6.99. The summed E-state index contributed by atoms with van der Waals surface area (Å²) in [4.78, 5) is 0.967. The molecule has 0 unspecified atom stereocenters. The lowest BCUT2D eigenvalue weighted by Gasteiger charge is -2.46. The second-order valence-corrected chi connectivity index (χ2v) is 8.17. The topological polar surface area (TPSA) is 77.4 Å². The number of benzene rings is 2. The number of methoxy groups -OCH3 is 1. The standard InChI is InChI=1S/C21H24O6S/c1-12-3-9-15(10-4-12)28-21-18(23)17(22)19-16(26-21)11-25-20(27-19)13-5-7-14(24-2)8-6-13/h3-10,16-23H,11H2,1-2H3/t16-,17-,18-,19-,20-,21+/m1/s1. The van der Waals surface area contributed by atoms with Crippen LogP contribution in [0.25, 0.3) is 0 Å². The molecule has 0 saturated carbocycles. The van der Waals surface area contributed by atoms with Crippen LogP contribution in [0.15, 0.2) is 53.4 Å². The van der Waals surface area contributed by atoms with Gasteiger partial charge in [0.05, 0.1) is 13.7 Å². The highest BCUT2D eigenvalue weighted by atomic mass is 32.2. The molecule has 2 aromatic carbocycles. The van der Waals surface area contributed by atoms with Crippen molar-refractivity contribution in [2.45, 2.75) is 48.0 Å². The molecule has 2 saturated heterocycles. The number of aryl methyl sites for hydroxylation is 1. The SMILES string of the molecule is COc1ccc([C@@H]2OC[C@H]3O[C@@H](Sc4ccc(C)cc4)[C@H](O)[C@@H](O)[C@@H]3O2)cc1. The zero-order valence-electron chi connectivity index (χ0n) is 15.7. The molecular weight excluding hydrogens is 380 g/mol. The minimum absolute atomic E-state index is 0.274. The van der Waals surface area contributed by atoms with Crippen LogP contribution in [0.5, 0.6) is 5.75 Å². The van der Waals surface area contributed by atoms with Crippen LogP contribution >= 0.6 is 11.8 Å². The van der Waals surface area contributed by atoms with Crippen LogP contribution in [0.1, 0.15) is 17.4 Å². The molecule has 2 heterocycles. The maximum atomic E-state index is 10.7. The van der Waals surface area contributed by atoms with Gasteiger partial charge in [-0.1, -0.05) is 41.6 Å². The highest BCUT2D eigenvalue weighted by Gasteiger charge is 2.49. The first-order valence-electron chi connectivity index (χ1n) is 9.21. The maximum absolute atomic E-state index is 10.7. The summed E-state index contributed by atoms with van der Waals surface area (Å²) in [7, 11) is 1.61. The van der Waals surface area contributed by atoms with Gasteiger partial charge in [-0.05, 0) is 31.2 Å². The zero-order valence-corrected chi connectivity index (χ0v) is 16.5. The second kappa shape index (κ2) is 8.41. The number of hydrogen-bond donors (Lipinski definition) is 2. The fraction of sp³-hybridized carbons (Fsp3) is 0.429. The van der Waals surface area contributed by atoms with Gasteiger partial charge in [-0.15, -0.1) is 0 Å². The number of fused-ring (bicyclic) bond motifs is 1. The minimum atomic E-state index is -1.07. The molecule has 2 fully saturated rings. The predicted octanol–water partition coefficient (Wildman–Crippen LogP) is 2.66. The summed E-state index contributed by atoms with van der Waals surface area (Å²) in [5.41, 5.74) is 1.38. The van der Waals surface area contributed by atoms with Crippen molar-refractivity contribution in [3.05, 3.63) is 59.7 Å². The first kappa shape index (κ1) is 19.7. The van der Waals surface area contributed by atoms with E-state index >= 15 is 0 Å². The van der Waals surface area contributed by atoms with Gasteiger partial charge in [0.1, 0.15) is 35.6 Å². The van der Waals surface area contributed by atoms with Crippen molar-refractivity contribution in [2.75, 3.05) is 13.7 Å². The van der Waals surface area contributed by atoms with Gasteiger partial charge < -0.3 is 29.2 Å². The van der Waals surface area contributed by atoms with Crippen LogP contribution in [0, 0.1) is 6.92 Å². The molecule has 6 atom stereocenters. The van der Waals surface area contributed by atoms with Crippen molar-refractivity contribution < 1.29 is 29.2 Å². The molecule has 2 aliphatic rings. The molecule has 0 spiro atoms. The summed E-state index contributed by atoms with van der Waals surface area (Å²) >= 11 is 1.38.